The summed E-state index contributed by atoms with van der Waals surface area (Å²) in [7, 11) is 0. The lowest BCUT2D eigenvalue weighted by molar-refractivity contribution is -0.140. The number of thiocarbonyl (C=S) groups is 1. The maximum atomic E-state index is 12.3. The Hall–Kier alpha value is -2.36. The van der Waals surface area contributed by atoms with Gasteiger partial charge >= 0.3 is 5.97 Å². The lowest BCUT2D eigenvalue weighted by Gasteiger charge is -2.10. The molecular formula is C20H19NO5S3. The fraction of sp³-hybridized carbons (Fsp3) is 0.250. The Morgan fingerprint density at radius 3 is 2.55 bits per heavy atom. The van der Waals surface area contributed by atoms with Gasteiger partial charge < -0.3 is 14.6 Å². The van der Waals surface area contributed by atoms with Gasteiger partial charge in [-0.05, 0) is 43.5 Å². The summed E-state index contributed by atoms with van der Waals surface area (Å²) in [6.45, 7) is 4.56. The number of ether oxygens (including phenoxy) is 2. The molecule has 0 atom stereocenters. The molecule has 1 amide bonds. The summed E-state index contributed by atoms with van der Waals surface area (Å²) in [6.07, 6.45) is 5.32. The molecule has 0 unspecified atom stereocenters. The van der Waals surface area contributed by atoms with E-state index in [4.69, 9.17) is 26.8 Å². The smallest absolute Gasteiger partial charge is 0.323 e. The molecular weight excluding hydrogens is 430 g/mol. The standard InChI is InChI=1S/C20H19NO5S3/c1-3-25-14-9-12-8-13(28-17(12)10-15(14)26-4-2)6-5-7-16-19(24)21(11-18(22)23)20(27)29-16/h5-10H,3-4,11H2,1-2H3,(H,22,23). The summed E-state index contributed by atoms with van der Waals surface area (Å²) in [5, 5.41) is 9.93. The molecule has 152 valence electrons. The lowest BCUT2D eigenvalue weighted by atomic mass is 10.2. The quantitative estimate of drug-likeness (QED) is 0.468. The minimum atomic E-state index is -1.10. The van der Waals surface area contributed by atoms with Crippen LogP contribution in [0.2, 0.25) is 0 Å². The van der Waals surface area contributed by atoms with Crippen molar-refractivity contribution in [3.8, 4) is 11.5 Å². The van der Waals surface area contributed by atoms with E-state index < -0.39 is 12.5 Å². The van der Waals surface area contributed by atoms with Crippen LogP contribution in [0, 0.1) is 0 Å². The molecule has 9 heteroatoms. The predicted octanol–water partition coefficient (Wildman–Crippen LogP) is 4.54. The van der Waals surface area contributed by atoms with E-state index in [1.165, 1.54) is 0 Å². The second-order valence-electron chi connectivity index (χ2n) is 5.89. The Balaban J connectivity index is 1.80. The van der Waals surface area contributed by atoms with E-state index in [-0.39, 0.29) is 10.2 Å². The van der Waals surface area contributed by atoms with Crippen molar-refractivity contribution < 1.29 is 24.2 Å². The van der Waals surface area contributed by atoms with Gasteiger partial charge in [-0.2, -0.15) is 0 Å². The number of thioether (sulfide) groups is 1. The van der Waals surface area contributed by atoms with E-state index in [2.05, 4.69) is 0 Å². The van der Waals surface area contributed by atoms with Crippen LogP contribution in [-0.2, 0) is 9.59 Å². The highest BCUT2D eigenvalue weighted by Gasteiger charge is 2.32. The zero-order valence-electron chi connectivity index (χ0n) is 15.8. The summed E-state index contributed by atoms with van der Waals surface area (Å²) in [6, 6.07) is 5.98. The third-order valence-corrected chi connectivity index (χ3v) is 6.34. The Bertz CT molecular complexity index is 982. The van der Waals surface area contributed by atoms with Gasteiger partial charge in [-0.15, -0.1) is 11.3 Å². The topological polar surface area (TPSA) is 76.1 Å². The van der Waals surface area contributed by atoms with Crippen molar-refractivity contribution in [1.29, 1.82) is 0 Å². The second kappa shape index (κ2) is 9.43. The van der Waals surface area contributed by atoms with Crippen LogP contribution in [0.5, 0.6) is 11.5 Å². The number of fused-ring (bicyclic) bond motifs is 1. The van der Waals surface area contributed by atoms with Gasteiger partial charge in [0.1, 0.15) is 10.9 Å². The van der Waals surface area contributed by atoms with Gasteiger partial charge in [0.25, 0.3) is 5.91 Å². The molecule has 1 aliphatic rings. The number of nitrogens with zero attached hydrogens (tertiary/aromatic N) is 1. The molecule has 1 fully saturated rings. The van der Waals surface area contributed by atoms with Crippen molar-refractivity contribution in [2.24, 2.45) is 0 Å². The maximum absolute atomic E-state index is 12.3. The minimum absolute atomic E-state index is 0.255. The van der Waals surface area contributed by atoms with Gasteiger partial charge in [0, 0.05) is 15.6 Å². The molecule has 0 aliphatic carbocycles. The number of carbonyl (C=O) groups excluding carboxylic acids is 1. The Labute approximate surface area is 181 Å². The van der Waals surface area contributed by atoms with E-state index >= 15 is 0 Å². The first-order valence-electron chi connectivity index (χ1n) is 8.90. The van der Waals surface area contributed by atoms with Gasteiger partial charge in [-0.25, -0.2) is 0 Å². The fourth-order valence-corrected chi connectivity index (χ4v) is 4.90. The first-order valence-corrected chi connectivity index (χ1v) is 10.9. The van der Waals surface area contributed by atoms with Crippen LogP contribution >= 0.6 is 35.3 Å². The molecule has 0 bridgehead atoms. The van der Waals surface area contributed by atoms with Crippen LogP contribution in [0.3, 0.4) is 0 Å². The number of carbonyl (C=O) groups is 2. The number of hydrogen-bond donors (Lipinski definition) is 1. The highest BCUT2D eigenvalue weighted by atomic mass is 32.2. The first kappa shape index (κ1) is 21.4. The molecule has 2 heterocycles. The van der Waals surface area contributed by atoms with Crippen LogP contribution in [0.1, 0.15) is 18.7 Å². The van der Waals surface area contributed by atoms with E-state index in [0.29, 0.717) is 18.1 Å². The number of aliphatic carboxylic acids is 1. The van der Waals surface area contributed by atoms with Gasteiger partial charge in [-0.3, -0.25) is 14.5 Å². The number of benzene rings is 1. The zero-order chi connectivity index (χ0) is 21.0. The van der Waals surface area contributed by atoms with E-state index in [9.17, 15) is 9.59 Å². The molecule has 0 saturated carbocycles. The zero-order valence-corrected chi connectivity index (χ0v) is 18.3. The summed E-state index contributed by atoms with van der Waals surface area (Å²) in [4.78, 5) is 25.6. The molecule has 1 saturated heterocycles. The predicted molar refractivity (Wildman–Crippen MR) is 121 cm³/mol. The number of rotatable bonds is 8. The number of hydrogen-bond acceptors (Lipinski definition) is 7. The van der Waals surface area contributed by atoms with Crippen LogP contribution in [-0.4, -0.2) is 46.0 Å². The van der Waals surface area contributed by atoms with Crippen molar-refractivity contribution in [2.75, 3.05) is 19.8 Å². The second-order valence-corrected chi connectivity index (χ2v) is 8.69. The first-order chi connectivity index (χ1) is 13.9. The van der Waals surface area contributed by atoms with Gasteiger partial charge in [-0.1, -0.05) is 30.1 Å². The highest BCUT2D eigenvalue weighted by Crippen LogP contribution is 2.37. The Morgan fingerprint density at radius 2 is 1.90 bits per heavy atom. The van der Waals surface area contributed by atoms with Crippen LogP contribution in [0.4, 0.5) is 0 Å². The van der Waals surface area contributed by atoms with Crippen molar-refractivity contribution in [3.63, 3.8) is 0 Å². The average Bonchev–Trinajstić information content (AvgIpc) is 3.17. The Morgan fingerprint density at radius 1 is 1.21 bits per heavy atom. The molecule has 1 N–H and O–H groups in total. The lowest BCUT2D eigenvalue weighted by Crippen LogP contribution is -2.33. The number of carboxylic acids is 1. The highest BCUT2D eigenvalue weighted by molar-refractivity contribution is 8.26. The van der Waals surface area contributed by atoms with Gasteiger partial charge in [0.05, 0.1) is 18.1 Å². The normalized spacial score (nSPS) is 15.8. The van der Waals surface area contributed by atoms with Crippen LogP contribution < -0.4 is 9.47 Å². The van der Waals surface area contributed by atoms with Crippen LogP contribution in [0.15, 0.2) is 35.3 Å². The van der Waals surface area contributed by atoms with Gasteiger partial charge in [0.15, 0.2) is 11.5 Å². The van der Waals surface area contributed by atoms with Crippen molar-refractivity contribution in [2.45, 2.75) is 13.8 Å². The summed E-state index contributed by atoms with van der Waals surface area (Å²) in [5.41, 5.74) is 0. The summed E-state index contributed by atoms with van der Waals surface area (Å²) < 4.78 is 12.7. The molecule has 3 rings (SSSR count). The minimum Gasteiger partial charge on any atom is -0.490 e. The molecule has 1 aliphatic heterocycles. The SMILES string of the molecule is CCOc1cc2cc(C=CC=C3SC(=S)N(CC(=O)O)C3=O)sc2cc1OCC. The third-order valence-electron chi connectivity index (χ3n) is 3.88. The van der Waals surface area contributed by atoms with E-state index in [0.717, 1.165) is 43.1 Å². The van der Waals surface area contributed by atoms with Crippen molar-refractivity contribution in [3.05, 3.63) is 40.1 Å². The van der Waals surface area contributed by atoms with Crippen molar-refractivity contribution in [1.82, 2.24) is 4.90 Å². The van der Waals surface area contributed by atoms with E-state index in [1.807, 2.05) is 38.1 Å². The maximum Gasteiger partial charge on any atom is 0.323 e. The van der Waals surface area contributed by atoms with Crippen molar-refractivity contribution >= 4 is 67.7 Å². The fourth-order valence-electron chi connectivity index (χ4n) is 2.70. The largest absolute Gasteiger partial charge is 0.490 e. The number of thiophene rings is 1. The monoisotopic (exact) mass is 449 g/mol. The molecule has 0 radical (unpaired) electrons. The average molecular weight is 450 g/mol. The molecule has 2 aromatic rings. The van der Waals surface area contributed by atoms with E-state index in [1.54, 1.807) is 23.5 Å². The van der Waals surface area contributed by atoms with Crippen LogP contribution in [0.25, 0.3) is 16.2 Å². The summed E-state index contributed by atoms with van der Waals surface area (Å²) >= 11 is 7.79. The third kappa shape index (κ3) is 4.98. The molecule has 1 aromatic carbocycles. The number of carboxylic acid groups (broad SMARTS) is 1. The molecule has 0 spiro atoms. The summed E-state index contributed by atoms with van der Waals surface area (Å²) in [5.74, 6) is -0.0362. The van der Waals surface area contributed by atoms with Gasteiger partial charge in [0.2, 0.25) is 0 Å². The number of amides is 1. The number of allylic oxidation sites excluding steroid dienone is 2. The molecule has 6 nitrogen and oxygen atoms in total. The molecule has 29 heavy (non-hydrogen) atoms. The molecule has 1 aromatic heterocycles. The Kier molecular flexibility index (Phi) is 6.94.